The van der Waals surface area contributed by atoms with Gasteiger partial charge in [-0.15, -0.1) is 0 Å². The Hall–Kier alpha value is -3.39. The number of ether oxygens (including phenoxy) is 1. The molecule has 0 radical (unpaired) electrons. The Morgan fingerprint density at radius 3 is 2.09 bits per heavy atom. The van der Waals surface area contributed by atoms with E-state index in [0.717, 1.165) is 35.3 Å². The fourth-order valence-corrected chi connectivity index (χ4v) is 4.99. The topological polar surface area (TPSA) is 99.2 Å². The number of carbonyl (C=O) groups is 3. The third-order valence-electron chi connectivity index (χ3n) is 6.94. The normalized spacial score (nSPS) is 16.5. The van der Waals surface area contributed by atoms with Crippen LogP contribution in [-0.4, -0.2) is 77.7 Å². The molecule has 2 aromatic rings. The zero-order chi connectivity index (χ0) is 24.9. The van der Waals surface area contributed by atoms with Gasteiger partial charge in [-0.2, -0.15) is 0 Å². The first-order chi connectivity index (χ1) is 16.8. The summed E-state index contributed by atoms with van der Waals surface area (Å²) >= 11 is 0. The van der Waals surface area contributed by atoms with E-state index >= 15 is 0 Å². The van der Waals surface area contributed by atoms with Crippen LogP contribution in [0.1, 0.15) is 43.7 Å². The van der Waals surface area contributed by atoms with E-state index in [1.54, 1.807) is 4.90 Å². The molecule has 2 aliphatic rings. The number of aliphatic carboxylic acids is 1. The van der Waals surface area contributed by atoms with Gasteiger partial charge >= 0.3 is 12.1 Å². The second-order valence-corrected chi connectivity index (χ2v) is 9.41. The summed E-state index contributed by atoms with van der Waals surface area (Å²) in [7, 11) is 0. The number of benzene rings is 2. The minimum Gasteiger partial charge on any atom is -0.481 e. The summed E-state index contributed by atoms with van der Waals surface area (Å²) in [4.78, 5) is 41.1. The zero-order valence-corrected chi connectivity index (χ0v) is 20.3. The Labute approximate surface area is 205 Å². The van der Waals surface area contributed by atoms with Gasteiger partial charge < -0.3 is 20.1 Å². The fraction of sp³-hybridized carbons (Fsp3) is 0.444. The van der Waals surface area contributed by atoms with E-state index in [1.807, 2.05) is 36.4 Å². The lowest BCUT2D eigenvalue weighted by Gasteiger charge is -2.38. The molecule has 1 atom stereocenters. The predicted molar refractivity (Wildman–Crippen MR) is 132 cm³/mol. The standard InChI is InChI=1S/C27H33N3O5/c1-18(2)29-13-15-30(16-14-29)26(33)24(11-12-25(31)32)28-27(34)35-17-23-21-9-5-3-7-19(21)20-8-4-6-10-22(20)23/h3-10,18,23-24H,11-17H2,1-2H3,(H,28,34)(H,31,32). The lowest BCUT2D eigenvalue weighted by atomic mass is 9.98. The third kappa shape index (κ3) is 5.65. The molecule has 35 heavy (non-hydrogen) atoms. The molecule has 2 aromatic carbocycles. The number of carboxylic acids is 1. The van der Waals surface area contributed by atoms with Crippen molar-refractivity contribution in [1.29, 1.82) is 0 Å². The summed E-state index contributed by atoms with van der Waals surface area (Å²) in [5.41, 5.74) is 4.46. The summed E-state index contributed by atoms with van der Waals surface area (Å²) in [6.07, 6.45) is -0.911. The van der Waals surface area contributed by atoms with Crippen molar-refractivity contribution in [3.8, 4) is 11.1 Å². The molecule has 0 spiro atoms. The van der Waals surface area contributed by atoms with Gasteiger partial charge in [-0.3, -0.25) is 14.5 Å². The second kappa shape index (κ2) is 10.9. The molecule has 2 amide bonds. The highest BCUT2D eigenvalue weighted by Gasteiger charge is 2.32. The lowest BCUT2D eigenvalue weighted by Crippen LogP contribution is -2.56. The molecular formula is C27H33N3O5. The summed E-state index contributed by atoms with van der Waals surface area (Å²) in [6.45, 7) is 6.96. The van der Waals surface area contributed by atoms with Crippen LogP contribution in [0.3, 0.4) is 0 Å². The maximum atomic E-state index is 13.2. The van der Waals surface area contributed by atoms with E-state index in [0.29, 0.717) is 19.1 Å². The number of carbonyl (C=O) groups excluding carboxylic acids is 2. The van der Waals surface area contributed by atoms with Gasteiger partial charge in [0.1, 0.15) is 12.6 Å². The molecule has 186 valence electrons. The molecule has 1 aliphatic heterocycles. The van der Waals surface area contributed by atoms with Crippen molar-refractivity contribution >= 4 is 18.0 Å². The van der Waals surface area contributed by atoms with Crippen molar-refractivity contribution in [3.05, 3.63) is 59.7 Å². The van der Waals surface area contributed by atoms with E-state index < -0.39 is 18.1 Å². The van der Waals surface area contributed by atoms with Crippen LogP contribution in [0.15, 0.2) is 48.5 Å². The van der Waals surface area contributed by atoms with Gasteiger partial charge in [-0.05, 0) is 42.5 Å². The van der Waals surface area contributed by atoms with Crippen LogP contribution in [0, 0.1) is 0 Å². The largest absolute Gasteiger partial charge is 0.481 e. The first-order valence-corrected chi connectivity index (χ1v) is 12.2. The molecule has 0 aromatic heterocycles. The SMILES string of the molecule is CC(C)N1CCN(C(=O)C(CCC(=O)O)NC(=O)OCC2c3ccccc3-c3ccccc32)CC1. The van der Waals surface area contributed by atoms with Gasteiger partial charge in [0, 0.05) is 44.6 Å². The molecule has 0 saturated carbocycles. The number of nitrogens with zero attached hydrogens (tertiary/aromatic N) is 2. The number of piperazine rings is 1. The van der Waals surface area contributed by atoms with E-state index in [4.69, 9.17) is 9.84 Å². The quantitative estimate of drug-likeness (QED) is 0.603. The number of alkyl carbamates (subject to hydrolysis) is 1. The first kappa shape index (κ1) is 24.7. The van der Waals surface area contributed by atoms with Crippen molar-refractivity contribution in [1.82, 2.24) is 15.1 Å². The van der Waals surface area contributed by atoms with Crippen molar-refractivity contribution in [2.75, 3.05) is 32.8 Å². The van der Waals surface area contributed by atoms with Crippen molar-refractivity contribution in [2.45, 2.75) is 44.7 Å². The molecule has 1 unspecified atom stereocenters. The number of carboxylic acid groups (broad SMARTS) is 1. The molecule has 4 rings (SSSR count). The van der Waals surface area contributed by atoms with Gasteiger partial charge in [0.25, 0.3) is 0 Å². The smallest absolute Gasteiger partial charge is 0.407 e. The molecule has 8 heteroatoms. The van der Waals surface area contributed by atoms with Gasteiger partial charge in [-0.1, -0.05) is 48.5 Å². The predicted octanol–water partition coefficient (Wildman–Crippen LogP) is 3.31. The van der Waals surface area contributed by atoms with E-state index in [2.05, 4.69) is 36.2 Å². The molecule has 1 heterocycles. The second-order valence-electron chi connectivity index (χ2n) is 9.41. The Kier molecular flexibility index (Phi) is 7.70. The molecule has 8 nitrogen and oxygen atoms in total. The summed E-state index contributed by atoms with van der Waals surface area (Å²) in [6, 6.07) is 15.6. The number of nitrogens with one attached hydrogen (secondary N) is 1. The van der Waals surface area contributed by atoms with Crippen LogP contribution in [0.4, 0.5) is 4.79 Å². The highest BCUT2D eigenvalue weighted by atomic mass is 16.5. The fourth-order valence-electron chi connectivity index (χ4n) is 4.99. The Bertz CT molecular complexity index is 1030. The van der Waals surface area contributed by atoms with Crippen LogP contribution in [0.5, 0.6) is 0 Å². The molecule has 1 aliphatic carbocycles. The van der Waals surface area contributed by atoms with Crippen molar-refractivity contribution < 1.29 is 24.2 Å². The van der Waals surface area contributed by atoms with Gasteiger partial charge in [0.2, 0.25) is 5.91 Å². The average molecular weight is 480 g/mol. The Morgan fingerprint density at radius 2 is 1.54 bits per heavy atom. The van der Waals surface area contributed by atoms with Crippen LogP contribution in [0.25, 0.3) is 11.1 Å². The Balaban J connectivity index is 1.39. The van der Waals surface area contributed by atoms with Crippen molar-refractivity contribution in [3.63, 3.8) is 0 Å². The maximum absolute atomic E-state index is 13.2. The maximum Gasteiger partial charge on any atom is 0.407 e. The zero-order valence-electron chi connectivity index (χ0n) is 20.3. The van der Waals surface area contributed by atoms with Gasteiger partial charge in [0.15, 0.2) is 0 Å². The van der Waals surface area contributed by atoms with Crippen LogP contribution < -0.4 is 5.32 Å². The third-order valence-corrected chi connectivity index (χ3v) is 6.94. The molecule has 0 bridgehead atoms. The highest BCUT2D eigenvalue weighted by molar-refractivity contribution is 5.86. The first-order valence-electron chi connectivity index (χ1n) is 12.2. The van der Waals surface area contributed by atoms with Crippen molar-refractivity contribution in [2.24, 2.45) is 0 Å². The van der Waals surface area contributed by atoms with Crippen LogP contribution in [-0.2, 0) is 14.3 Å². The van der Waals surface area contributed by atoms with Gasteiger partial charge in [-0.25, -0.2) is 4.79 Å². The van der Waals surface area contributed by atoms with E-state index in [-0.39, 0.29) is 31.3 Å². The van der Waals surface area contributed by atoms with Crippen LogP contribution >= 0.6 is 0 Å². The Morgan fingerprint density at radius 1 is 0.971 bits per heavy atom. The monoisotopic (exact) mass is 479 g/mol. The molecule has 1 fully saturated rings. The molecule has 1 saturated heterocycles. The summed E-state index contributed by atoms with van der Waals surface area (Å²) < 4.78 is 5.59. The number of fused-ring (bicyclic) bond motifs is 3. The highest BCUT2D eigenvalue weighted by Crippen LogP contribution is 2.44. The lowest BCUT2D eigenvalue weighted by molar-refractivity contribution is -0.138. The molecular weight excluding hydrogens is 446 g/mol. The number of rotatable bonds is 8. The summed E-state index contributed by atoms with van der Waals surface area (Å²) in [5, 5.41) is 11.8. The summed E-state index contributed by atoms with van der Waals surface area (Å²) in [5.74, 6) is -1.37. The number of amides is 2. The van der Waals surface area contributed by atoms with Crippen LogP contribution in [0.2, 0.25) is 0 Å². The average Bonchev–Trinajstić information content (AvgIpc) is 3.18. The minimum absolute atomic E-state index is 0.0166. The number of hydrogen-bond donors (Lipinski definition) is 2. The van der Waals surface area contributed by atoms with Gasteiger partial charge in [0.05, 0.1) is 0 Å². The molecule has 2 N–H and O–H groups in total. The van der Waals surface area contributed by atoms with E-state index in [1.165, 1.54) is 0 Å². The van der Waals surface area contributed by atoms with E-state index in [9.17, 15) is 14.4 Å². The number of hydrogen-bond acceptors (Lipinski definition) is 5. The minimum atomic E-state index is -1.01.